The van der Waals surface area contributed by atoms with Gasteiger partial charge in [-0.05, 0) is 45.5 Å². The first-order chi connectivity index (χ1) is 20.8. The van der Waals surface area contributed by atoms with Gasteiger partial charge >= 0.3 is 0 Å². The second-order valence-electron chi connectivity index (χ2n) is 10.4. The maximum absolute atomic E-state index is 4.86. The van der Waals surface area contributed by atoms with E-state index in [0.717, 1.165) is 44.1 Å². The average Bonchev–Trinajstić information content (AvgIpc) is 3.07. The minimum absolute atomic E-state index is 0.923. The topological polar surface area (TPSA) is 25.8 Å². The van der Waals surface area contributed by atoms with E-state index in [0.29, 0.717) is 0 Å². The van der Waals surface area contributed by atoms with E-state index in [2.05, 4.69) is 146 Å². The van der Waals surface area contributed by atoms with Crippen molar-refractivity contribution >= 4 is 46.1 Å². The lowest BCUT2D eigenvalue weighted by Gasteiger charge is -2.08. The van der Waals surface area contributed by atoms with Gasteiger partial charge in [-0.3, -0.25) is 9.97 Å². The van der Waals surface area contributed by atoms with Gasteiger partial charge in [-0.15, -0.1) is 0 Å². The zero-order chi connectivity index (χ0) is 28.1. The summed E-state index contributed by atoms with van der Waals surface area (Å²) >= 11 is 0. The number of hydrogen-bond acceptors (Lipinski definition) is 2. The lowest BCUT2D eigenvalue weighted by Crippen LogP contribution is -1.89. The zero-order valence-electron chi connectivity index (χ0n) is 23.1. The molecular weight excluding hydrogens is 508 g/mol. The molecule has 7 rings (SSSR count). The van der Waals surface area contributed by atoms with E-state index in [1.165, 1.54) is 22.3 Å². The molecule has 0 bridgehead atoms. The Kier molecular flexibility index (Phi) is 6.94. The molecule has 2 nitrogen and oxygen atoms in total. The largest absolute Gasteiger partial charge is 0.253 e. The molecule has 0 spiro atoms. The van der Waals surface area contributed by atoms with Crippen LogP contribution in [-0.2, 0) is 0 Å². The molecule has 0 N–H and O–H groups in total. The Morgan fingerprint density at radius 2 is 0.690 bits per heavy atom. The van der Waals surface area contributed by atoms with Crippen LogP contribution in [0.5, 0.6) is 0 Å². The van der Waals surface area contributed by atoms with Crippen LogP contribution in [0.3, 0.4) is 0 Å². The van der Waals surface area contributed by atoms with Crippen LogP contribution in [0.15, 0.2) is 146 Å². The predicted molar refractivity (Wildman–Crippen MR) is 179 cm³/mol. The van der Waals surface area contributed by atoms with Crippen LogP contribution in [-0.4, -0.2) is 9.97 Å². The van der Waals surface area contributed by atoms with Crippen molar-refractivity contribution in [2.75, 3.05) is 0 Å². The Hall–Kier alpha value is -5.60. The predicted octanol–water partition coefficient (Wildman–Crippen LogP) is 10.5. The fourth-order valence-electron chi connectivity index (χ4n) is 5.20. The summed E-state index contributed by atoms with van der Waals surface area (Å²) in [5.74, 6) is 0. The van der Waals surface area contributed by atoms with E-state index >= 15 is 0 Å². The first-order valence-corrected chi connectivity index (χ1v) is 14.1. The highest BCUT2D eigenvalue weighted by atomic mass is 14.7. The van der Waals surface area contributed by atoms with Gasteiger partial charge in [0.1, 0.15) is 0 Å². The van der Waals surface area contributed by atoms with Crippen molar-refractivity contribution in [3.05, 3.63) is 168 Å². The number of aromatic nitrogens is 2. The summed E-state index contributed by atoms with van der Waals surface area (Å²) in [6.07, 6.45) is 12.5. The maximum atomic E-state index is 4.86. The van der Waals surface area contributed by atoms with Gasteiger partial charge in [0.05, 0.1) is 11.0 Å². The van der Waals surface area contributed by atoms with Crippen molar-refractivity contribution in [3.8, 4) is 22.3 Å². The van der Waals surface area contributed by atoms with Crippen molar-refractivity contribution in [1.82, 2.24) is 9.97 Å². The van der Waals surface area contributed by atoms with Crippen LogP contribution in [0.1, 0.15) is 22.3 Å². The zero-order valence-corrected chi connectivity index (χ0v) is 23.1. The lowest BCUT2D eigenvalue weighted by molar-refractivity contribution is 1.37. The van der Waals surface area contributed by atoms with Crippen molar-refractivity contribution in [3.63, 3.8) is 0 Å². The molecule has 2 aromatic heterocycles. The number of pyridine rings is 2. The summed E-state index contributed by atoms with van der Waals surface area (Å²) in [5.41, 5.74) is 11.0. The second-order valence-corrected chi connectivity index (χ2v) is 10.4. The molecule has 5 aromatic carbocycles. The van der Waals surface area contributed by atoms with Gasteiger partial charge in [0.25, 0.3) is 0 Å². The van der Waals surface area contributed by atoms with Gasteiger partial charge in [0.15, 0.2) is 0 Å². The molecule has 0 atom stereocenters. The number of benzene rings is 5. The summed E-state index contributed by atoms with van der Waals surface area (Å²) in [4.78, 5) is 9.72. The highest BCUT2D eigenvalue weighted by molar-refractivity contribution is 6.04. The Balaban J connectivity index is 1.11. The maximum Gasteiger partial charge on any atom is 0.0965 e. The molecule has 7 aromatic rings. The molecule has 2 heterocycles. The monoisotopic (exact) mass is 536 g/mol. The third-order valence-corrected chi connectivity index (χ3v) is 7.52. The molecule has 0 aliphatic carbocycles. The van der Waals surface area contributed by atoms with Crippen LogP contribution in [0.4, 0.5) is 0 Å². The van der Waals surface area contributed by atoms with E-state index in [1.807, 2.05) is 24.5 Å². The standard InChI is InChI=1S/C40H28N2/c1-3-7-29(8-4-1)11-13-31-15-19-33(20-16-31)37-25-35-23-24-36-26-38(28-42-40(36)39(35)41-27-37)34-21-17-32(18-22-34)14-12-30-9-5-2-6-10-30/h1-28H. The molecule has 0 amide bonds. The number of rotatable bonds is 6. The molecule has 0 aliphatic heterocycles. The van der Waals surface area contributed by atoms with Gasteiger partial charge < -0.3 is 0 Å². The van der Waals surface area contributed by atoms with Crippen molar-refractivity contribution in [2.45, 2.75) is 0 Å². The van der Waals surface area contributed by atoms with Crippen LogP contribution in [0, 0.1) is 0 Å². The molecular formula is C40H28N2. The van der Waals surface area contributed by atoms with Gasteiger partial charge in [0, 0.05) is 34.3 Å². The van der Waals surface area contributed by atoms with Crippen molar-refractivity contribution in [2.24, 2.45) is 0 Å². The van der Waals surface area contributed by atoms with Gasteiger partial charge in [-0.1, -0.05) is 146 Å². The van der Waals surface area contributed by atoms with Gasteiger partial charge in [-0.25, -0.2) is 0 Å². The molecule has 0 fully saturated rings. The molecule has 0 unspecified atom stereocenters. The minimum Gasteiger partial charge on any atom is -0.253 e. The van der Waals surface area contributed by atoms with Crippen molar-refractivity contribution < 1.29 is 0 Å². The summed E-state index contributed by atoms with van der Waals surface area (Å²) < 4.78 is 0. The minimum atomic E-state index is 0.923. The average molecular weight is 537 g/mol. The first-order valence-electron chi connectivity index (χ1n) is 14.1. The summed E-state index contributed by atoms with van der Waals surface area (Å²) in [6.45, 7) is 0. The lowest BCUT2D eigenvalue weighted by atomic mass is 10.0. The first kappa shape index (κ1) is 25.4. The summed E-state index contributed by atoms with van der Waals surface area (Å²) in [5, 5.41) is 2.17. The third kappa shape index (κ3) is 5.52. The van der Waals surface area contributed by atoms with E-state index in [1.54, 1.807) is 0 Å². The molecule has 42 heavy (non-hydrogen) atoms. The number of hydrogen-bond donors (Lipinski definition) is 0. The SMILES string of the molecule is C(=Cc1ccc(-c2cnc3c(ccc4cc(-c5ccc(C=Cc6ccccc6)cc5)cnc43)c2)cc1)c1ccccc1. The van der Waals surface area contributed by atoms with Crippen LogP contribution >= 0.6 is 0 Å². The smallest absolute Gasteiger partial charge is 0.0965 e. The molecule has 198 valence electrons. The van der Waals surface area contributed by atoms with Gasteiger partial charge in [0.2, 0.25) is 0 Å². The Labute approximate surface area is 246 Å². The number of fused-ring (bicyclic) bond motifs is 3. The van der Waals surface area contributed by atoms with Crippen LogP contribution in [0.2, 0.25) is 0 Å². The Bertz CT molecular complexity index is 1890. The van der Waals surface area contributed by atoms with E-state index < -0.39 is 0 Å². The quantitative estimate of drug-likeness (QED) is 0.156. The summed E-state index contributed by atoms with van der Waals surface area (Å²) in [6, 6.07) is 46.6. The van der Waals surface area contributed by atoms with E-state index in [9.17, 15) is 0 Å². The van der Waals surface area contributed by atoms with E-state index in [-0.39, 0.29) is 0 Å². The van der Waals surface area contributed by atoms with Crippen LogP contribution < -0.4 is 0 Å². The van der Waals surface area contributed by atoms with Crippen LogP contribution in [0.25, 0.3) is 68.4 Å². The number of nitrogens with zero attached hydrogens (tertiary/aromatic N) is 2. The fourth-order valence-corrected chi connectivity index (χ4v) is 5.20. The molecule has 0 radical (unpaired) electrons. The fraction of sp³-hybridized carbons (Fsp3) is 0. The van der Waals surface area contributed by atoms with Crippen molar-refractivity contribution in [1.29, 1.82) is 0 Å². The van der Waals surface area contributed by atoms with E-state index in [4.69, 9.17) is 9.97 Å². The Morgan fingerprint density at radius 1 is 0.333 bits per heavy atom. The molecule has 0 saturated heterocycles. The second kappa shape index (κ2) is 11.5. The highest BCUT2D eigenvalue weighted by Crippen LogP contribution is 2.30. The molecule has 0 saturated carbocycles. The molecule has 2 heteroatoms. The highest BCUT2D eigenvalue weighted by Gasteiger charge is 2.08. The third-order valence-electron chi connectivity index (χ3n) is 7.52. The Morgan fingerprint density at radius 3 is 1.07 bits per heavy atom. The summed E-state index contributed by atoms with van der Waals surface area (Å²) in [7, 11) is 0. The molecule has 0 aliphatic rings. The normalized spacial score (nSPS) is 11.6. The van der Waals surface area contributed by atoms with Gasteiger partial charge in [-0.2, -0.15) is 0 Å².